The van der Waals surface area contributed by atoms with Gasteiger partial charge in [0.1, 0.15) is 11.6 Å². The number of anilines is 2. The molecule has 2 amide bonds. The van der Waals surface area contributed by atoms with Gasteiger partial charge in [-0.25, -0.2) is 4.98 Å². The van der Waals surface area contributed by atoms with Gasteiger partial charge in [-0.05, 0) is 61.9 Å². The Labute approximate surface area is 231 Å². The van der Waals surface area contributed by atoms with Gasteiger partial charge in [0.2, 0.25) is 11.8 Å². The molecule has 40 heavy (non-hydrogen) atoms. The van der Waals surface area contributed by atoms with Crippen molar-refractivity contribution in [2.24, 2.45) is 0 Å². The van der Waals surface area contributed by atoms with E-state index in [-0.39, 0.29) is 41.7 Å². The van der Waals surface area contributed by atoms with Crippen LogP contribution in [0.15, 0.2) is 85.1 Å². The highest BCUT2D eigenvalue weighted by atomic mass is 16.5. The number of carbonyl (C=O) groups excluding carboxylic acids is 3. The zero-order valence-corrected chi connectivity index (χ0v) is 22.2. The Morgan fingerprint density at radius 2 is 1.52 bits per heavy atom. The Balaban J connectivity index is 1.46. The van der Waals surface area contributed by atoms with Crippen LogP contribution in [0.25, 0.3) is 0 Å². The number of benzene rings is 2. The van der Waals surface area contributed by atoms with E-state index in [0.717, 1.165) is 0 Å². The summed E-state index contributed by atoms with van der Waals surface area (Å²) in [7, 11) is 1.32. The molecule has 4 aromatic rings. The van der Waals surface area contributed by atoms with E-state index in [0.29, 0.717) is 28.4 Å². The van der Waals surface area contributed by atoms with Gasteiger partial charge in [0.15, 0.2) is 0 Å². The number of nitrogens with zero attached hydrogens (tertiary/aromatic N) is 2. The third-order valence-electron chi connectivity index (χ3n) is 5.41. The molecular formula is C30H28N4O6. The normalized spacial score (nSPS) is 10.5. The lowest BCUT2D eigenvalue weighted by Gasteiger charge is -2.13. The lowest BCUT2D eigenvalue weighted by molar-refractivity contribution is -0.139. The molecule has 2 aromatic carbocycles. The van der Waals surface area contributed by atoms with E-state index in [4.69, 9.17) is 9.47 Å². The number of ether oxygens (including phenoxy) is 3. The van der Waals surface area contributed by atoms with Gasteiger partial charge in [0.05, 0.1) is 25.2 Å². The van der Waals surface area contributed by atoms with Crippen molar-refractivity contribution in [2.75, 3.05) is 17.7 Å². The van der Waals surface area contributed by atoms with Crippen molar-refractivity contribution in [1.29, 1.82) is 0 Å². The van der Waals surface area contributed by atoms with E-state index in [1.165, 1.54) is 25.4 Å². The number of methoxy groups -OCH3 is 1. The van der Waals surface area contributed by atoms with Gasteiger partial charge in [-0.15, -0.1) is 0 Å². The van der Waals surface area contributed by atoms with Crippen LogP contribution in [0.3, 0.4) is 0 Å². The topological polar surface area (TPSA) is 129 Å². The fourth-order valence-corrected chi connectivity index (χ4v) is 3.52. The molecule has 0 aliphatic heterocycles. The first-order valence-corrected chi connectivity index (χ1v) is 12.4. The second-order valence-corrected chi connectivity index (χ2v) is 8.90. The van der Waals surface area contributed by atoms with Crippen LogP contribution >= 0.6 is 0 Å². The third kappa shape index (κ3) is 7.87. The van der Waals surface area contributed by atoms with E-state index in [1.54, 1.807) is 60.7 Å². The van der Waals surface area contributed by atoms with E-state index in [2.05, 4.69) is 25.3 Å². The van der Waals surface area contributed by atoms with Crippen molar-refractivity contribution in [3.05, 3.63) is 102 Å². The predicted molar refractivity (Wildman–Crippen MR) is 149 cm³/mol. The Morgan fingerprint density at radius 1 is 0.825 bits per heavy atom. The molecule has 10 heteroatoms. The van der Waals surface area contributed by atoms with Crippen LogP contribution in [0, 0.1) is 0 Å². The second-order valence-electron chi connectivity index (χ2n) is 8.90. The highest BCUT2D eigenvalue weighted by molar-refractivity contribution is 6.04. The van der Waals surface area contributed by atoms with Crippen LogP contribution in [-0.4, -0.2) is 41.0 Å². The van der Waals surface area contributed by atoms with Crippen molar-refractivity contribution >= 4 is 29.3 Å². The number of rotatable bonds is 10. The first-order chi connectivity index (χ1) is 19.3. The number of carbonyl (C=O) groups is 3. The number of pyridine rings is 2. The van der Waals surface area contributed by atoms with Gasteiger partial charge < -0.3 is 24.8 Å². The molecule has 0 saturated carbocycles. The average Bonchev–Trinajstić information content (AvgIpc) is 2.95. The van der Waals surface area contributed by atoms with Crippen LogP contribution in [0.1, 0.15) is 40.1 Å². The molecule has 0 atom stereocenters. The predicted octanol–water partition coefficient (Wildman–Crippen LogP) is 5.28. The molecule has 0 unspecified atom stereocenters. The van der Waals surface area contributed by atoms with Gasteiger partial charge in [-0.2, -0.15) is 4.98 Å². The molecule has 0 spiro atoms. The first-order valence-electron chi connectivity index (χ1n) is 12.4. The molecule has 2 heterocycles. The lowest BCUT2D eigenvalue weighted by Crippen LogP contribution is -2.15. The molecule has 0 aliphatic rings. The summed E-state index contributed by atoms with van der Waals surface area (Å²) in [5.74, 6) is 0.0490. The summed E-state index contributed by atoms with van der Waals surface area (Å²) in [6, 6.07) is 21.9. The van der Waals surface area contributed by atoms with Crippen LogP contribution < -0.4 is 20.1 Å². The molecule has 0 radical (unpaired) electrons. The third-order valence-corrected chi connectivity index (χ3v) is 5.41. The molecule has 2 aromatic heterocycles. The van der Waals surface area contributed by atoms with E-state index >= 15 is 0 Å². The van der Waals surface area contributed by atoms with Crippen LogP contribution in [0.4, 0.5) is 11.5 Å². The lowest BCUT2D eigenvalue weighted by atomic mass is 10.2. The minimum Gasteiger partial charge on any atom is -0.475 e. The molecule has 0 aliphatic carbocycles. The van der Waals surface area contributed by atoms with Crippen molar-refractivity contribution < 1.29 is 28.6 Å². The van der Waals surface area contributed by atoms with E-state index in [1.807, 2.05) is 19.9 Å². The molecule has 0 saturated heterocycles. The zero-order valence-electron chi connectivity index (χ0n) is 22.2. The maximum absolute atomic E-state index is 13.0. The summed E-state index contributed by atoms with van der Waals surface area (Å²) in [6.07, 6.45) is 1.39. The number of amides is 2. The van der Waals surface area contributed by atoms with Crippen LogP contribution in [0.2, 0.25) is 0 Å². The minimum atomic E-state index is -0.451. The number of esters is 1. The molecule has 2 N–H and O–H groups in total. The van der Waals surface area contributed by atoms with Gasteiger partial charge in [-0.1, -0.05) is 24.3 Å². The molecular weight excluding hydrogens is 512 g/mol. The first kappa shape index (κ1) is 27.8. The van der Waals surface area contributed by atoms with Crippen molar-refractivity contribution in [1.82, 2.24) is 9.97 Å². The largest absolute Gasteiger partial charge is 0.475 e. The summed E-state index contributed by atoms with van der Waals surface area (Å²) in [5, 5.41) is 5.55. The standard InChI is InChI=1S/C30H28N4O6/c1-19(2)39-26-16-22(30(37)33-25-14-9-20(18-31-25)15-28(35)38-3)17-27(34-26)40-24-12-10-23(11-13-24)32-29(36)21-7-5-4-6-8-21/h4-14,16-19H,15H2,1-3H3,(H,32,36)(H,31,33,37). The Hall–Kier alpha value is -5.25. The highest BCUT2D eigenvalue weighted by Crippen LogP contribution is 2.26. The highest BCUT2D eigenvalue weighted by Gasteiger charge is 2.15. The number of aromatic nitrogens is 2. The maximum atomic E-state index is 13.0. The fraction of sp³-hybridized carbons (Fsp3) is 0.167. The Kier molecular flexibility index (Phi) is 9.03. The fourth-order valence-electron chi connectivity index (χ4n) is 3.52. The second kappa shape index (κ2) is 13.0. The molecule has 204 valence electrons. The molecule has 0 bridgehead atoms. The van der Waals surface area contributed by atoms with Gasteiger partial charge in [0.25, 0.3) is 11.8 Å². The summed E-state index contributed by atoms with van der Waals surface area (Å²) in [6.45, 7) is 3.69. The number of hydrogen-bond acceptors (Lipinski definition) is 8. The van der Waals surface area contributed by atoms with Crippen molar-refractivity contribution in [3.63, 3.8) is 0 Å². The van der Waals surface area contributed by atoms with Gasteiger partial charge in [-0.3, -0.25) is 14.4 Å². The monoisotopic (exact) mass is 540 g/mol. The van der Waals surface area contributed by atoms with E-state index < -0.39 is 5.91 Å². The maximum Gasteiger partial charge on any atom is 0.310 e. The summed E-state index contributed by atoms with van der Waals surface area (Å²) < 4.78 is 16.3. The SMILES string of the molecule is COC(=O)Cc1ccc(NC(=O)c2cc(Oc3ccc(NC(=O)c4ccccc4)cc3)nc(OC(C)C)c2)nc1. The van der Waals surface area contributed by atoms with Crippen molar-refractivity contribution in [3.8, 4) is 17.5 Å². The summed E-state index contributed by atoms with van der Waals surface area (Å²) >= 11 is 0. The number of nitrogens with one attached hydrogen (secondary N) is 2. The molecule has 0 fully saturated rings. The summed E-state index contributed by atoms with van der Waals surface area (Å²) in [4.78, 5) is 45.4. The van der Waals surface area contributed by atoms with Gasteiger partial charge >= 0.3 is 5.97 Å². The van der Waals surface area contributed by atoms with E-state index in [9.17, 15) is 14.4 Å². The zero-order chi connectivity index (χ0) is 28.5. The average molecular weight is 541 g/mol. The smallest absolute Gasteiger partial charge is 0.310 e. The quantitative estimate of drug-likeness (QED) is 0.260. The number of hydrogen-bond donors (Lipinski definition) is 2. The van der Waals surface area contributed by atoms with Gasteiger partial charge in [0, 0.05) is 29.6 Å². The Bertz CT molecular complexity index is 1470. The summed E-state index contributed by atoms with van der Waals surface area (Å²) in [5.41, 5.74) is 2.04. The molecule has 4 rings (SSSR count). The van der Waals surface area contributed by atoms with Crippen molar-refractivity contribution in [2.45, 2.75) is 26.4 Å². The van der Waals surface area contributed by atoms with Crippen LogP contribution in [-0.2, 0) is 16.0 Å². The van der Waals surface area contributed by atoms with Crippen LogP contribution in [0.5, 0.6) is 17.5 Å². The minimum absolute atomic E-state index is 0.0824. The Morgan fingerprint density at radius 3 is 2.17 bits per heavy atom. The molecule has 10 nitrogen and oxygen atoms in total.